The third kappa shape index (κ3) is 3.17. The summed E-state index contributed by atoms with van der Waals surface area (Å²) in [5, 5.41) is 3.44. The molecule has 0 aromatic heterocycles. The molecule has 0 saturated carbocycles. The highest BCUT2D eigenvalue weighted by atomic mass is 19.3. The quantitative estimate of drug-likeness (QED) is 0.736. The molecule has 1 aliphatic rings. The summed E-state index contributed by atoms with van der Waals surface area (Å²) >= 11 is 0. The minimum Gasteiger partial charge on any atom is -0.310 e. The van der Waals surface area contributed by atoms with Crippen molar-refractivity contribution in [1.82, 2.24) is 10.2 Å². The molecule has 1 aliphatic heterocycles. The summed E-state index contributed by atoms with van der Waals surface area (Å²) in [6, 6.07) is 0. The Bertz CT molecular complexity index is 168. The maximum atomic E-state index is 12.1. The summed E-state index contributed by atoms with van der Waals surface area (Å²) in [7, 11) is 1.77. The molecule has 0 radical (unpaired) electrons. The van der Waals surface area contributed by atoms with Crippen LogP contribution < -0.4 is 5.32 Å². The molecular formula is C10H20F2N2. The molecule has 0 aliphatic carbocycles. The Balaban J connectivity index is 2.39. The maximum absolute atomic E-state index is 12.1. The molecule has 0 aromatic rings. The third-order valence-corrected chi connectivity index (χ3v) is 3.03. The molecule has 1 atom stereocenters. The van der Waals surface area contributed by atoms with Crippen molar-refractivity contribution >= 4 is 0 Å². The molecule has 1 unspecified atom stereocenters. The highest BCUT2D eigenvalue weighted by molar-refractivity contribution is 4.93. The fourth-order valence-corrected chi connectivity index (χ4v) is 2.23. The minimum absolute atomic E-state index is 0.0869. The second kappa shape index (κ2) is 5.03. The van der Waals surface area contributed by atoms with Crippen LogP contribution in [0.3, 0.4) is 0 Å². The van der Waals surface area contributed by atoms with Crippen LogP contribution >= 0.6 is 0 Å². The maximum Gasteiger partial charge on any atom is 0.251 e. The molecular weight excluding hydrogens is 186 g/mol. The van der Waals surface area contributed by atoms with Crippen LogP contribution in [0.1, 0.15) is 26.2 Å². The zero-order chi connectivity index (χ0) is 10.6. The van der Waals surface area contributed by atoms with Crippen LogP contribution in [-0.2, 0) is 0 Å². The highest BCUT2D eigenvalue weighted by Crippen LogP contribution is 2.23. The Morgan fingerprint density at radius 1 is 1.50 bits per heavy atom. The highest BCUT2D eigenvalue weighted by Gasteiger charge is 2.32. The van der Waals surface area contributed by atoms with Gasteiger partial charge in [-0.3, -0.25) is 4.90 Å². The molecule has 0 spiro atoms. The van der Waals surface area contributed by atoms with Gasteiger partial charge in [0, 0.05) is 12.1 Å². The van der Waals surface area contributed by atoms with Crippen molar-refractivity contribution in [3.8, 4) is 0 Å². The third-order valence-electron chi connectivity index (χ3n) is 3.03. The van der Waals surface area contributed by atoms with E-state index in [4.69, 9.17) is 0 Å². The van der Waals surface area contributed by atoms with Crippen LogP contribution in [-0.4, -0.2) is 43.5 Å². The van der Waals surface area contributed by atoms with Gasteiger partial charge in [0.1, 0.15) is 0 Å². The molecule has 1 N–H and O–H groups in total. The number of alkyl halides is 2. The van der Waals surface area contributed by atoms with E-state index in [1.807, 2.05) is 0 Å². The Kier molecular flexibility index (Phi) is 4.26. The van der Waals surface area contributed by atoms with Crippen LogP contribution in [0.2, 0.25) is 0 Å². The molecule has 1 fully saturated rings. The fourth-order valence-electron chi connectivity index (χ4n) is 2.23. The predicted octanol–water partition coefficient (Wildman–Crippen LogP) is 1.72. The lowest BCUT2D eigenvalue weighted by Crippen LogP contribution is -2.49. The number of likely N-dealkylation sites (N-methyl/N-ethyl adjacent to an activating group) is 1. The fraction of sp³-hybridized carbons (Fsp3) is 1.00. The largest absolute Gasteiger partial charge is 0.310 e. The lowest BCUT2D eigenvalue weighted by atomic mass is 9.94. The first kappa shape index (κ1) is 11.9. The van der Waals surface area contributed by atoms with E-state index in [2.05, 4.69) is 12.2 Å². The number of hydrogen-bond acceptors (Lipinski definition) is 2. The van der Waals surface area contributed by atoms with E-state index < -0.39 is 6.43 Å². The van der Waals surface area contributed by atoms with E-state index >= 15 is 0 Å². The van der Waals surface area contributed by atoms with Crippen molar-refractivity contribution in [2.75, 3.05) is 26.7 Å². The van der Waals surface area contributed by atoms with E-state index in [9.17, 15) is 8.78 Å². The van der Waals surface area contributed by atoms with E-state index in [0.717, 1.165) is 32.4 Å². The van der Waals surface area contributed by atoms with Gasteiger partial charge in [0.2, 0.25) is 0 Å². The zero-order valence-electron chi connectivity index (χ0n) is 9.02. The minimum atomic E-state index is -2.23. The van der Waals surface area contributed by atoms with Gasteiger partial charge in [-0.25, -0.2) is 8.78 Å². The average Bonchev–Trinajstić information content (AvgIpc) is 2.52. The number of nitrogens with one attached hydrogen (secondary N) is 1. The molecule has 84 valence electrons. The van der Waals surface area contributed by atoms with E-state index in [0.29, 0.717) is 0 Å². The molecule has 1 rings (SSSR count). The van der Waals surface area contributed by atoms with Crippen molar-refractivity contribution < 1.29 is 8.78 Å². The smallest absolute Gasteiger partial charge is 0.251 e. The molecule has 0 aromatic carbocycles. The Hall–Kier alpha value is -0.220. The number of nitrogens with zero attached hydrogens (tertiary/aromatic N) is 1. The molecule has 4 heteroatoms. The van der Waals surface area contributed by atoms with Gasteiger partial charge in [0.05, 0.1) is 6.54 Å². The average molecular weight is 206 g/mol. The van der Waals surface area contributed by atoms with Gasteiger partial charge in [-0.05, 0) is 32.9 Å². The van der Waals surface area contributed by atoms with Gasteiger partial charge in [-0.1, -0.05) is 6.92 Å². The van der Waals surface area contributed by atoms with Crippen LogP contribution in [0, 0.1) is 0 Å². The van der Waals surface area contributed by atoms with Gasteiger partial charge in [-0.15, -0.1) is 0 Å². The molecule has 0 amide bonds. The Labute approximate surface area is 84.7 Å². The number of halogens is 2. The first-order chi connectivity index (χ1) is 6.58. The van der Waals surface area contributed by atoms with Gasteiger partial charge in [0.25, 0.3) is 6.43 Å². The topological polar surface area (TPSA) is 15.3 Å². The number of hydrogen-bond donors (Lipinski definition) is 1. The summed E-state index contributed by atoms with van der Waals surface area (Å²) in [6.45, 7) is 3.75. The van der Waals surface area contributed by atoms with Gasteiger partial charge >= 0.3 is 0 Å². The van der Waals surface area contributed by atoms with E-state index in [1.165, 1.54) is 0 Å². The lowest BCUT2D eigenvalue weighted by molar-refractivity contribution is 0.0861. The van der Waals surface area contributed by atoms with Gasteiger partial charge < -0.3 is 5.32 Å². The SMILES string of the molecule is CCC1(CN(C)CC(F)F)CCCN1. The van der Waals surface area contributed by atoms with Gasteiger partial charge in [0.15, 0.2) is 0 Å². The summed E-state index contributed by atoms with van der Waals surface area (Å²) in [6.07, 6.45) is 1.06. The van der Waals surface area contributed by atoms with Crippen molar-refractivity contribution in [2.24, 2.45) is 0 Å². The first-order valence-corrected chi connectivity index (χ1v) is 5.30. The molecule has 14 heavy (non-hydrogen) atoms. The van der Waals surface area contributed by atoms with Crippen molar-refractivity contribution in [3.63, 3.8) is 0 Å². The van der Waals surface area contributed by atoms with Crippen LogP contribution in [0.15, 0.2) is 0 Å². The van der Waals surface area contributed by atoms with E-state index in [1.54, 1.807) is 11.9 Å². The normalized spacial score (nSPS) is 27.9. The van der Waals surface area contributed by atoms with Crippen molar-refractivity contribution in [1.29, 1.82) is 0 Å². The molecule has 2 nitrogen and oxygen atoms in total. The molecule has 0 bridgehead atoms. The number of rotatable bonds is 5. The summed E-state index contributed by atoms with van der Waals surface area (Å²) in [5.41, 5.74) is 0.0869. The van der Waals surface area contributed by atoms with Crippen LogP contribution in [0.25, 0.3) is 0 Å². The Morgan fingerprint density at radius 2 is 2.21 bits per heavy atom. The molecule has 1 heterocycles. The van der Waals surface area contributed by atoms with Crippen molar-refractivity contribution in [2.45, 2.75) is 38.2 Å². The summed E-state index contributed by atoms with van der Waals surface area (Å²) in [4.78, 5) is 1.73. The lowest BCUT2D eigenvalue weighted by Gasteiger charge is -2.32. The van der Waals surface area contributed by atoms with Crippen LogP contribution in [0.5, 0.6) is 0 Å². The van der Waals surface area contributed by atoms with Crippen LogP contribution in [0.4, 0.5) is 8.78 Å². The second-order valence-electron chi connectivity index (χ2n) is 4.25. The van der Waals surface area contributed by atoms with E-state index in [-0.39, 0.29) is 12.1 Å². The van der Waals surface area contributed by atoms with Gasteiger partial charge in [-0.2, -0.15) is 0 Å². The molecule has 1 saturated heterocycles. The monoisotopic (exact) mass is 206 g/mol. The first-order valence-electron chi connectivity index (χ1n) is 5.30. The predicted molar refractivity (Wildman–Crippen MR) is 53.8 cm³/mol. The zero-order valence-corrected chi connectivity index (χ0v) is 9.02. The summed E-state index contributed by atoms with van der Waals surface area (Å²) in [5.74, 6) is 0. The standard InChI is InChI=1S/C10H20F2N2/c1-3-10(5-4-6-13-10)8-14(2)7-9(11)12/h9,13H,3-8H2,1-2H3. The second-order valence-corrected chi connectivity index (χ2v) is 4.25. The van der Waals surface area contributed by atoms with Crippen molar-refractivity contribution in [3.05, 3.63) is 0 Å². The Morgan fingerprint density at radius 3 is 2.64 bits per heavy atom. The summed E-state index contributed by atoms with van der Waals surface area (Å²) < 4.78 is 24.3.